The van der Waals surface area contributed by atoms with Gasteiger partial charge in [0.05, 0.1) is 6.54 Å². The van der Waals surface area contributed by atoms with Crippen molar-refractivity contribution in [1.82, 2.24) is 10.2 Å². The number of amides is 1. The Labute approximate surface area is 115 Å². The van der Waals surface area contributed by atoms with E-state index in [1.807, 2.05) is 32.6 Å². The fraction of sp³-hybridized carbons (Fsp3) is 0.846. The molecular formula is C13H26N2O4. The fourth-order valence-corrected chi connectivity index (χ4v) is 1.58. The highest BCUT2D eigenvalue weighted by Crippen LogP contribution is 2.06. The number of hydrogen-bond acceptors (Lipinski definition) is 4. The summed E-state index contributed by atoms with van der Waals surface area (Å²) in [7, 11) is 0. The van der Waals surface area contributed by atoms with Crippen LogP contribution in [0, 0.1) is 0 Å². The van der Waals surface area contributed by atoms with Gasteiger partial charge in [0.2, 0.25) is 0 Å². The van der Waals surface area contributed by atoms with Crippen molar-refractivity contribution in [1.29, 1.82) is 0 Å². The Morgan fingerprint density at radius 2 is 1.89 bits per heavy atom. The van der Waals surface area contributed by atoms with E-state index < -0.39 is 17.7 Å². The maximum Gasteiger partial charge on any atom is 0.407 e. The number of rotatable bonds is 8. The van der Waals surface area contributed by atoms with E-state index >= 15 is 0 Å². The molecule has 0 radical (unpaired) electrons. The Hall–Kier alpha value is -1.30. The zero-order valence-corrected chi connectivity index (χ0v) is 12.4. The van der Waals surface area contributed by atoms with Crippen LogP contribution in [-0.2, 0) is 9.53 Å². The van der Waals surface area contributed by atoms with Crippen LogP contribution in [0.3, 0.4) is 0 Å². The van der Waals surface area contributed by atoms with Crippen LogP contribution in [-0.4, -0.2) is 53.8 Å². The third-order valence-electron chi connectivity index (χ3n) is 2.22. The van der Waals surface area contributed by atoms with Crippen LogP contribution in [0.25, 0.3) is 0 Å². The lowest BCUT2D eigenvalue weighted by Crippen LogP contribution is -2.36. The second-order valence-electron chi connectivity index (χ2n) is 5.45. The Kier molecular flexibility index (Phi) is 8.14. The van der Waals surface area contributed by atoms with Crippen LogP contribution in [0.15, 0.2) is 0 Å². The van der Waals surface area contributed by atoms with Gasteiger partial charge in [-0.1, -0.05) is 6.92 Å². The highest BCUT2D eigenvalue weighted by Gasteiger charge is 2.15. The largest absolute Gasteiger partial charge is 0.480 e. The van der Waals surface area contributed by atoms with Crippen LogP contribution in [0.4, 0.5) is 4.79 Å². The summed E-state index contributed by atoms with van der Waals surface area (Å²) in [4.78, 5) is 23.9. The van der Waals surface area contributed by atoms with Gasteiger partial charge in [0, 0.05) is 13.1 Å². The van der Waals surface area contributed by atoms with Gasteiger partial charge in [-0.2, -0.15) is 0 Å². The maximum absolute atomic E-state index is 11.4. The molecule has 0 aromatic heterocycles. The number of aliphatic carboxylic acids is 1. The van der Waals surface area contributed by atoms with E-state index in [4.69, 9.17) is 9.84 Å². The van der Waals surface area contributed by atoms with E-state index in [0.29, 0.717) is 19.5 Å². The van der Waals surface area contributed by atoms with Gasteiger partial charge in [0.25, 0.3) is 0 Å². The summed E-state index contributed by atoms with van der Waals surface area (Å²) in [6.07, 6.45) is 1.17. The topological polar surface area (TPSA) is 78.9 Å². The summed E-state index contributed by atoms with van der Waals surface area (Å²) in [5, 5.41) is 11.4. The van der Waals surface area contributed by atoms with Crippen molar-refractivity contribution < 1.29 is 19.4 Å². The standard InChI is InChI=1S/C13H26N2O4/c1-5-8-15(10-11(16)17)9-6-7-14-12(18)19-13(2,3)4/h5-10H2,1-4H3,(H,14,18)(H,16,17). The molecule has 19 heavy (non-hydrogen) atoms. The fourth-order valence-electron chi connectivity index (χ4n) is 1.58. The lowest BCUT2D eigenvalue weighted by molar-refractivity contribution is -0.138. The summed E-state index contributed by atoms with van der Waals surface area (Å²) >= 11 is 0. The minimum Gasteiger partial charge on any atom is -0.480 e. The third-order valence-corrected chi connectivity index (χ3v) is 2.22. The number of hydrogen-bond donors (Lipinski definition) is 2. The number of alkyl carbamates (subject to hydrolysis) is 1. The highest BCUT2D eigenvalue weighted by atomic mass is 16.6. The second-order valence-corrected chi connectivity index (χ2v) is 5.45. The lowest BCUT2D eigenvalue weighted by atomic mass is 10.2. The predicted octanol–water partition coefficient (Wildman–Crippen LogP) is 1.70. The van der Waals surface area contributed by atoms with Crippen LogP contribution in [0.2, 0.25) is 0 Å². The molecule has 6 nitrogen and oxygen atoms in total. The Balaban J connectivity index is 3.81. The van der Waals surface area contributed by atoms with E-state index in [9.17, 15) is 9.59 Å². The van der Waals surface area contributed by atoms with Crippen molar-refractivity contribution in [3.8, 4) is 0 Å². The summed E-state index contributed by atoms with van der Waals surface area (Å²) in [5.74, 6) is -0.825. The predicted molar refractivity (Wildman–Crippen MR) is 73.2 cm³/mol. The number of carboxylic acid groups (broad SMARTS) is 1. The second kappa shape index (κ2) is 8.74. The summed E-state index contributed by atoms with van der Waals surface area (Å²) in [6.45, 7) is 9.35. The molecule has 6 heteroatoms. The van der Waals surface area contributed by atoms with E-state index in [0.717, 1.165) is 13.0 Å². The quantitative estimate of drug-likeness (QED) is 0.659. The Bertz CT molecular complexity index is 287. The normalized spacial score (nSPS) is 11.4. The smallest absolute Gasteiger partial charge is 0.407 e. The molecule has 0 unspecified atom stereocenters. The van der Waals surface area contributed by atoms with Gasteiger partial charge in [-0.15, -0.1) is 0 Å². The number of carbonyl (C=O) groups excluding carboxylic acids is 1. The molecule has 0 bridgehead atoms. The summed E-state index contributed by atoms with van der Waals surface area (Å²) in [5.41, 5.74) is -0.498. The Morgan fingerprint density at radius 3 is 2.37 bits per heavy atom. The van der Waals surface area contributed by atoms with Crippen molar-refractivity contribution in [3.05, 3.63) is 0 Å². The molecule has 112 valence electrons. The van der Waals surface area contributed by atoms with Gasteiger partial charge >= 0.3 is 12.1 Å². The molecule has 2 N–H and O–H groups in total. The minimum absolute atomic E-state index is 0.0419. The maximum atomic E-state index is 11.4. The van der Waals surface area contributed by atoms with Crippen molar-refractivity contribution in [3.63, 3.8) is 0 Å². The average Bonchev–Trinajstić information content (AvgIpc) is 2.21. The van der Waals surface area contributed by atoms with Crippen molar-refractivity contribution in [2.75, 3.05) is 26.2 Å². The number of ether oxygens (including phenoxy) is 1. The molecule has 0 heterocycles. The number of carboxylic acids is 1. The molecule has 0 saturated carbocycles. The van der Waals surface area contributed by atoms with E-state index in [1.54, 1.807) is 0 Å². The first-order chi connectivity index (χ1) is 8.74. The molecule has 0 aromatic carbocycles. The monoisotopic (exact) mass is 274 g/mol. The van der Waals surface area contributed by atoms with Gasteiger partial charge in [-0.05, 0) is 40.2 Å². The first kappa shape index (κ1) is 17.7. The number of carbonyl (C=O) groups is 2. The molecule has 0 aliphatic rings. The SMILES string of the molecule is CCCN(CCCNC(=O)OC(C)(C)C)CC(=O)O. The molecule has 0 saturated heterocycles. The highest BCUT2D eigenvalue weighted by molar-refractivity contribution is 5.69. The van der Waals surface area contributed by atoms with Gasteiger partial charge < -0.3 is 15.2 Å². The van der Waals surface area contributed by atoms with Crippen molar-refractivity contribution in [2.45, 2.75) is 46.1 Å². The van der Waals surface area contributed by atoms with Gasteiger partial charge in [-0.3, -0.25) is 9.69 Å². The molecule has 0 atom stereocenters. The number of nitrogens with zero attached hydrogens (tertiary/aromatic N) is 1. The first-order valence-corrected chi connectivity index (χ1v) is 6.65. The molecule has 1 amide bonds. The molecule has 0 aliphatic heterocycles. The third kappa shape index (κ3) is 11.5. The molecule has 0 aromatic rings. The Morgan fingerprint density at radius 1 is 1.26 bits per heavy atom. The van der Waals surface area contributed by atoms with E-state index in [-0.39, 0.29) is 6.54 Å². The summed E-state index contributed by atoms with van der Waals surface area (Å²) in [6, 6.07) is 0. The van der Waals surface area contributed by atoms with Crippen LogP contribution in [0.1, 0.15) is 40.5 Å². The first-order valence-electron chi connectivity index (χ1n) is 6.65. The lowest BCUT2D eigenvalue weighted by Gasteiger charge is -2.21. The van der Waals surface area contributed by atoms with E-state index in [1.165, 1.54) is 0 Å². The molecule has 0 spiro atoms. The van der Waals surface area contributed by atoms with Crippen LogP contribution < -0.4 is 5.32 Å². The molecular weight excluding hydrogens is 248 g/mol. The van der Waals surface area contributed by atoms with Crippen LogP contribution in [0.5, 0.6) is 0 Å². The van der Waals surface area contributed by atoms with E-state index in [2.05, 4.69) is 5.32 Å². The van der Waals surface area contributed by atoms with Crippen molar-refractivity contribution in [2.24, 2.45) is 0 Å². The van der Waals surface area contributed by atoms with Gasteiger partial charge in [0.15, 0.2) is 0 Å². The van der Waals surface area contributed by atoms with Gasteiger partial charge in [-0.25, -0.2) is 4.79 Å². The zero-order valence-electron chi connectivity index (χ0n) is 12.4. The average molecular weight is 274 g/mol. The van der Waals surface area contributed by atoms with Crippen molar-refractivity contribution >= 4 is 12.1 Å². The zero-order chi connectivity index (χ0) is 14.9. The molecule has 0 fully saturated rings. The molecule has 0 rings (SSSR count). The minimum atomic E-state index is -0.825. The molecule has 0 aliphatic carbocycles. The number of nitrogens with one attached hydrogen (secondary N) is 1. The van der Waals surface area contributed by atoms with Crippen LogP contribution >= 0.6 is 0 Å². The van der Waals surface area contributed by atoms with Gasteiger partial charge in [0.1, 0.15) is 5.60 Å². The summed E-state index contributed by atoms with van der Waals surface area (Å²) < 4.78 is 5.10.